The van der Waals surface area contributed by atoms with Gasteiger partial charge in [-0.3, -0.25) is 4.98 Å². The molecule has 0 spiro atoms. The van der Waals surface area contributed by atoms with Crippen LogP contribution in [0.25, 0.3) is 5.69 Å². The molecule has 1 aromatic carbocycles. The first-order valence-corrected chi connectivity index (χ1v) is 11.5. The molecular weight excluding hydrogens is 444 g/mol. The molecule has 3 aromatic heterocycles. The summed E-state index contributed by atoms with van der Waals surface area (Å²) in [5, 5.41) is 15.8. The van der Waals surface area contributed by atoms with Crippen LogP contribution in [0.5, 0.6) is 0 Å². The fourth-order valence-electron chi connectivity index (χ4n) is 3.94. The van der Waals surface area contributed by atoms with Crippen LogP contribution < -0.4 is 5.32 Å². The molecule has 0 bridgehead atoms. The molecule has 0 aliphatic rings. The van der Waals surface area contributed by atoms with Gasteiger partial charge in [-0.25, -0.2) is 13.8 Å². The average Bonchev–Trinajstić information content (AvgIpc) is 3.43. The Morgan fingerprint density at radius 1 is 1.09 bits per heavy atom. The highest BCUT2D eigenvalue weighted by atomic mass is 32.1. The lowest BCUT2D eigenvalue weighted by Gasteiger charge is -2.22. The summed E-state index contributed by atoms with van der Waals surface area (Å²) in [5.74, 6) is 0.453. The highest BCUT2D eigenvalue weighted by molar-refractivity contribution is 7.09. The van der Waals surface area contributed by atoms with Crippen molar-refractivity contribution in [2.75, 3.05) is 6.54 Å². The molecule has 4 rings (SSSR count). The zero-order valence-electron chi connectivity index (χ0n) is 18.7. The van der Waals surface area contributed by atoms with Gasteiger partial charge in [0.1, 0.15) is 0 Å². The second kappa shape index (κ2) is 10.2. The number of halogens is 2. The van der Waals surface area contributed by atoms with Gasteiger partial charge < -0.3 is 5.32 Å². The molecule has 1 atom stereocenters. The summed E-state index contributed by atoms with van der Waals surface area (Å²) >= 11 is 1.63. The minimum absolute atomic E-state index is 0.135. The van der Waals surface area contributed by atoms with Crippen LogP contribution in [0.2, 0.25) is 0 Å². The molecule has 33 heavy (non-hydrogen) atoms. The summed E-state index contributed by atoms with van der Waals surface area (Å²) in [6, 6.07) is 6.90. The zero-order chi connectivity index (χ0) is 23.4. The fraction of sp³-hybridized carbons (Fsp3) is 0.348. The van der Waals surface area contributed by atoms with E-state index in [4.69, 9.17) is 0 Å². The third-order valence-corrected chi connectivity index (χ3v) is 6.61. The topological polar surface area (TPSA) is 81.4 Å². The van der Waals surface area contributed by atoms with Crippen LogP contribution in [0.3, 0.4) is 0 Å². The van der Waals surface area contributed by atoms with Crippen LogP contribution in [0.15, 0.2) is 42.2 Å². The number of para-hydroxylation sites is 1. The van der Waals surface area contributed by atoms with Crippen molar-refractivity contribution in [3.63, 3.8) is 0 Å². The maximum absolute atomic E-state index is 13.9. The van der Waals surface area contributed by atoms with Crippen molar-refractivity contribution in [1.29, 1.82) is 0 Å². The Labute approximate surface area is 194 Å². The van der Waals surface area contributed by atoms with Crippen molar-refractivity contribution in [2.45, 2.75) is 46.1 Å². The van der Waals surface area contributed by atoms with Crippen molar-refractivity contribution in [3.8, 4) is 5.69 Å². The van der Waals surface area contributed by atoms with Gasteiger partial charge in [0.05, 0.1) is 22.9 Å². The van der Waals surface area contributed by atoms with Crippen molar-refractivity contribution >= 4 is 11.3 Å². The fourth-order valence-corrected chi connectivity index (χ4v) is 4.76. The predicted octanol–water partition coefficient (Wildman–Crippen LogP) is 4.69. The second-order valence-electron chi connectivity index (χ2n) is 7.85. The van der Waals surface area contributed by atoms with Gasteiger partial charge in [-0.05, 0) is 73.3 Å². The van der Waals surface area contributed by atoms with Gasteiger partial charge >= 0.3 is 0 Å². The van der Waals surface area contributed by atoms with E-state index >= 15 is 0 Å². The molecule has 4 aromatic rings. The Kier molecular flexibility index (Phi) is 7.14. The normalized spacial score (nSPS) is 12.4. The van der Waals surface area contributed by atoms with Gasteiger partial charge in [-0.1, -0.05) is 18.2 Å². The number of hydrogen-bond acceptors (Lipinski definition) is 7. The van der Waals surface area contributed by atoms with Crippen molar-refractivity contribution in [2.24, 2.45) is 0 Å². The molecule has 0 amide bonds. The monoisotopic (exact) mass is 469 g/mol. The van der Waals surface area contributed by atoms with Gasteiger partial charge in [0.15, 0.2) is 5.82 Å². The smallest absolute Gasteiger partial charge is 0.265 e. The number of benzene rings is 1. The van der Waals surface area contributed by atoms with Crippen molar-refractivity contribution in [3.05, 3.63) is 80.8 Å². The Balaban J connectivity index is 1.69. The molecule has 1 N–H and O–H groups in total. The molecule has 0 aliphatic carbocycles. The summed E-state index contributed by atoms with van der Waals surface area (Å²) in [4.78, 5) is 9.42. The summed E-state index contributed by atoms with van der Waals surface area (Å²) in [6.07, 6.45) is 1.74. The number of alkyl halides is 2. The molecule has 0 fully saturated rings. The minimum atomic E-state index is -2.66. The SMILES string of the molecule is Cc1cccc(C)c1-n1nnnc1C(NCCCc1scnc1C)c1ccncc1C(F)F. The quantitative estimate of drug-likeness (QED) is 0.358. The molecule has 0 aliphatic heterocycles. The number of aryl methyl sites for hydroxylation is 4. The van der Waals surface area contributed by atoms with Crippen molar-refractivity contribution < 1.29 is 8.78 Å². The molecule has 0 radical (unpaired) electrons. The van der Waals surface area contributed by atoms with E-state index in [9.17, 15) is 8.78 Å². The van der Waals surface area contributed by atoms with E-state index < -0.39 is 12.5 Å². The Hall–Kier alpha value is -3.11. The van der Waals surface area contributed by atoms with E-state index in [0.29, 0.717) is 17.9 Å². The minimum Gasteiger partial charge on any atom is -0.304 e. The first kappa shape index (κ1) is 23.1. The van der Waals surface area contributed by atoms with Gasteiger partial charge in [0.2, 0.25) is 0 Å². The molecular formula is C23H25F2N7S. The number of aromatic nitrogens is 6. The van der Waals surface area contributed by atoms with Crippen LogP contribution in [0.1, 0.15) is 57.5 Å². The predicted molar refractivity (Wildman–Crippen MR) is 123 cm³/mol. The molecule has 172 valence electrons. The molecule has 10 heteroatoms. The number of thiazole rings is 1. The lowest BCUT2D eigenvalue weighted by atomic mass is 10.0. The Bertz CT molecular complexity index is 1200. The van der Waals surface area contributed by atoms with Crippen LogP contribution in [-0.2, 0) is 6.42 Å². The number of rotatable bonds is 9. The zero-order valence-corrected chi connectivity index (χ0v) is 19.5. The Morgan fingerprint density at radius 2 is 1.88 bits per heavy atom. The lowest BCUT2D eigenvalue weighted by molar-refractivity contribution is 0.149. The third kappa shape index (κ3) is 4.96. The third-order valence-electron chi connectivity index (χ3n) is 5.61. The molecule has 3 heterocycles. The first-order valence-electron chi connectivity index (χ1n) is 10.7. The summed E-state index contributed by atoms with van der Waals surface area (Å²) in [7, 11) is 0. The maximum atomic E-state index is 13.9. The van der Waals surface area contributed by atoms with E-state index in [0.717, 1.165) is 35.3 Å². The molecule has 7 nitrogen and oxygen atoms in total. The average molecular weight is 470 g/mol. The van der Waals surface area contributed by atoms with Crippen LogP contribution in [0, 0.1) is 20.8 Å². The van der Waals surface area contributed by atoms with Crippen LogP contribution in [-0.4, -0.2) is 36.7 Å². The molecule has 0 saturated carbocycles. The summed E-state index contributed by atoms with van der Waals surface area (Å²) < 4.78 is 29.4. The molecule has 0 saturated heterocycles. The first-order chi connectivity index (χ1) is 16.0. The van der Waals surface area contributed by atoms with E-state index in [1.807, 2.05) is 44.5 Å². The highest BCUT2D eigenvalue weighted by Crippen LogP contribution is 2.31. The van der Waals surface area contributed by atoms with Gasteiger partial charge in [0, 0.05) is 22.8 Å². The van der Waals surface area contributed by atoms with E-state index in [2.05, 4.69) is 30.8 Å². The number of hydrogen-bond donors (Lipinski definition) is 1. The van der Waals surface area contributed by atoms with Gasteiger partial charge in [-0.15, -0.1) is 16.4 Å². The second-order valence-corrected chi connectivity index (χ2v) is 8.79. The number of nitrogens with one attached hydrogen (secondary N) is 1. The molecule has 1 unspecified atom stereocenters. The van der Waals surface area contributed by atoms with Gasteiger partial charge in [0.25, 0.3) is 6.43 Å². The van der Waals surface area contributed by atoms with Crippen LogP contribution in [0.4, 0.5) is 8.78 Å². The number of pyridine rings is 1. The Morgan fingerprint density at radius 3 is 2.58 bits per heavy atom. The largest absolute Gasteiger partial charge is 0.304 e. The lowest BCUT2D eigenvalue weighted by Crippen LogP contribution is -2.28. The standard InChI is InChI=1S/C23H25F2N7S/c1-14-6-4-7-15(2)21(14)32-23(29-30-31-32)20(17-9-11-26-12-18(17)22(24)25)27-10-5-8-19-16(3)28-13-33-19/h4,6-7,9,11-13,20,22,27H,5,8,10H2,1-3H3. The number of tetrazole rings is 1. The summed E-state index contributed by atoms with van der Waals surface area (Å²) in [5.41, 5.74) is 5.98. The van der Waals surface area contributed by atoms with Gasteiger partial charge in [-0.2, -0.15) is 4.68 Å². The van der Waals surface area contributed by atoms with Crippen molar-refractivity contribution in [1.82, 2.24) is 35.5 Å². The highest BCUT2D eigenvalue weighted by Gasteiger charge is 2.27. The summed E-state index contributed by atoms with van der Waals surface area (Å²) in [6.45, 7) is 6.54. The van der Waals surface area contributed by atoms with E-state index in [1.165, 1.54) is 17.3 Å². The maximum Gasteiger partial charge on any atom is 0.265 e. The number of nitrogens with zero attached hydrogens (tertiary/aromatic N) is 6. The van der Waals surface area contributed by atoms with Crippen LogP contribution >= 0.6 is 11.3 Å². The van der Waals surface area contributed by atoms with E-state index in [1.54, 1.807) is 22.1 Å². The van der Waals surface area contributed by atoms with E-state index in [-0.39, 0.29) is 5.56 Å².